The molecular formula is C6H10O6. The van der Waals surface area contributed by atoms with Gasteiger partial charge >= 0.3 is 5.97 Å². The van der Waals surface area contributed by atoms with Crippen molar-refractivity contribution in [3.05, 3.63) is 0 Å². The molecule has 12 heavy (non-hydrogen) atoms. The van der Waals surface area contributed by atoms with Gasteiger partial charge in [-0.3, -0.25) is 4.79 Å². The molecule has 0 aliphatic carbocycles. The molecule has 0 spiro atoms. The van der Waals surface area contributed by atoms with Gasteiger partial charge in [-0.05, 0) is 0 Å². The Bertz CT molecular complexity index is 191. The molecule has 0 aliphatic rings. The van der Waals surface area contributed by atoms with Crippen molar-refractivity contribution in [1.82, 2.24) is 0 Å². The number of hydrogen-bond acceptors (Lipinski definition) is 5. The van der Waals surface area contributed by atoms with Crippen LogP contribution in [0, 0.1) is 5.92 Å². The molecule has 0 aromatic heterocycles. The Morgan fingerprint density at radius 1 is 1.33 bits per heavy atom. The summed E-state index contributed by atoms with van der Waals surface area (Å²) in [4.78, 5) is 20.6. The van der Waals surface area contributed by atoms with Gasteiger partial charge in [0.05, 0.1) is 0 Å². The molecule has 0 aliphatic heterocycles. The van der Waals surface area contributed by atoms with E-state index < -0.39 is 30.1 Å². The normalized spacial score (nSPS) is 14.0. The minimum atomic E-state index is -3.00. The standard InChI is InChI=1S/C6H10O6/c1-3(2-6(10,11)12)4(7)5(8)9/h3,10-12H,2H2,1H3,(H,8,9). The Morgan fingerprint density at radius 2 is 1.75 bits per heavy atom. The molecule has 6 nitrogen and oxygen atoms in total. The van der Waals surface area contributed by atoms with Crippen molar-refractivity contribution in [2.45, 2.75) is 19.3 Å². The predicted molar refractivity (Wildman–Crippen MR) is 35.8 cm³/mol. The number of carboxylic acids is 1. The van der Waals surface area contributed by atoms with Crippen molar-refractivity contribution in [1.29, 1.82) is 0 Å². The third-order valence-corrected chi connectivity index (χ3v) is 1.24. The molecule has 0 amide bonds. The molecule has 6 heteroatoms. The van der Waals surface area contributed by atoms with E-state index in [1.165, 1.54) is 6.92 Å². The highest BCUT2D eigenvalue weighted by atomic mass is 16.7. The fourth-order valence-corrected chi connectivity index (χ4v) is 0.714. The lowest BCUT2D eigenvalue weighted by molar-refractivity contribution is -0.318. The fourth-order valence-electron chi connectivity index (χ4n) is 0.714. The van der Waals surface area contributed by atoms with Crippen LogP contribution >= 0.6 is 0 Å². The molecule has 0 saturated carbocycles. The summed E-state index contributed by atoms with van der Waals surface area (Å²) in [6, 6.07) is 0. The van der Waals surface area contributed by atoms with Gasteiger partial charge < -0.3 is 20.4 Å². The van der Waals surface area contributed by atoms with Gasteiger partial charge in [0.2, 0.25) is 5.78 Å². The summed E-state index contributed by atoms with van der Waals surface area (Å²) in [6.45, 7) is 1.17. The van der Waals surface area contributed by atoms with Gasteiger partial charge in [-0.2, -0.15) is 0 Å². The first-order chi connectivity index (χ1) is 5.24. The number of carbonyl (C=O) groups is 2. The van der Waals surface area contributed by atoms with Crippen molar-refractivity contribution >= 4 is 11.8 Å². The van der Waals surface area contributed by atoms with Gasteiger partial charge in [0, 0.05) is 12.3 Å². The summed E-state index contributed by atoms with van der Waals surface area (Å²) in [6.07, 6.45) is -0.724. The van der Waals surface area contributed by atoms with Crippen LogP contribution in [0.1, 0.15) is 13.3 Å². The van der Waals surface area contributed by atoms with Crippen molar-refractivity contribution in [2.75, 3.05) is 0 Å². The Hall–Kier alpha value is -0.980. The predicted octanol–water partition coefficient (Wildman–Crippen LogP) is -1.70. The number of carbonyl (C=O) groups excluding carboxylic acids is 1. The maximum absolute atomic E-state index is 10.6. The van der Waals surface area contributed by atoms with Crippen LogP contribution < -0.4 is 0 Å². The third kappa shape index (κ3) is 4.02. The first kappa shape index (κ1) is 11.0. The number of hydrogen-bond donors (Lipinski definition) is 4. The summed E-state index contributed by atoms with van der Waals surface area (Å²) >= 11 is 0. The Kier molecular flexibility index (Phi) is 3.32. The Labute approximate surface area is 68.1 Å². The molecule has 0 fully saturated rings. The van der Waals surface area contributed by atoms with E-state index >= 15 is 0 Å². The van der Waals surface area contributed by atoms with Crippen molar-refractivity contribution in [2.24, 2.45) is 5.92 Å². The summed E-state index contributed by atoms with van der Waals surface area (Å²) in [5, 5.41) is 33.3. The number of aliphatic carboxylic acids is 1. The molecule has 70 valence electrons. The van der Waals surface area contributed by atoms with E-state index in [-0.39, 0.29) is 0 Å². The zero-order valence-electron chi connectivity index (χ0n) is 6.39. The minimum absolute atomic E-state index is 0.724. The molecular weight excluding hydrogens is 168 g/mol. The van der Waals surface area contributed by atoms with E-state index in [0.717, 1.165) is 0 Å². The molecule has 0 aromatic rings. The van der Waals surface area contributed by atoms with Crippen molar-refractivity contribution < 1.29 is 30.0 Å². The highest BCUT2D eigenvalue weighted by molar-refractivity contribution is 6.33. The average Bonchev–Trinajstić information content (AvgIpc) is 1.82. The zero-order valence-corrected chi connectivity index (χ0v) is 6.39. The van der Waals surface area contributed by atoms with Crippen LogP contribution in [0.5, 0.6) is 0 Å². The second-order valence-electron chi connectivity index (χ2n) is 2.55. The van der Waals surface area contributed by atoms with Crippen LogP contribution in [-0.4, -0.2) is 38.2 Å². The van der Waals surface area contributed by atoms with Crippen LogP contribution in [0.2, 0.25) is 0 Å². The fraction of sp³-hybridized carbons (Fsp3) is 0.667. The highest BCUT2D eigenvalue weighted by Gasteiger charge is 2.29. The number of aliphatic hydroxyl groups is 3. The van der Waals surface area contributed by atoms with E-state index in [0.29, 0.717) is 0 Å². The molecule has 0 heterocycles. The van der Waals surface area contributed by atoms with E-state index in [2.05, 4.69) is 0 Å². The molecule has 0 rings (SSSR count). The summed E-state index contributed by atoms with van der Waals surface area (Å²) in [5.74, 6) is -6.96. The van der Waals surface area contributed by atoms with Crippen LogP contribution in [-0.2, 0) is 9.59 Å². The molecule has 0 aromatic carbocycles. The third-order valence-electron chi connectivity index (χ3n) is 1.24. The van der Waals surface area contributed by atoms with E-state index in [1.54, 1.807) is 0 Å². The van der Waals surface area contributed by atoms with Gasteiger partial charge in [0.1, 0.15) is 0 Å². The Balaban J connectivity index is 4.14. The van der Waals surface area contributed by atoms with Crippen molar-refractivity contribution in [3.63, 3.8) is 0 Å². The van der Waals surface area contributed by atoms with Gasteiger partial charge in [0.25, 0.3) is 5.97 Å². The molecule has 1 unspecified atom stereocenters. The zero-order chi connectivity index (χ0) is 9.94. The van der Waals surface area contributed by atoms with Gasteiger partial charge in [-0.15, -0.1) is 0 Å². The van der Waals surface area contributed by atoms with Crippen LogP contribution in [0.15, 0.2) is 0 Å². The van der Waals surface area contributed by atoms with Gasteiger partial charge in [-0.1, -0.05) is 6.92 Å². The smallest absolute Gasteiger partial charge is 0.372 e. The maximum atomic E-state index is 10.6. The maximum Gasteiger partial charge on any atom is 0.372 e. The van der Waals surface area contributed by atoms with Gasteiger partial charge in [0.15, 0.2) is 0 Å². The Morgan fingerprint density at radius 3 is 2.00 bits per heavy atom. The topological polar surface area (TPSA) is 115 Å². The lowest BCUT2D eigenvalue weighted by Crippen LogP contribution is -2.34. The van der Waals surface area contributed by atoms with Gasteiger partial charge in [-0.25, -0.2) is 4.79 Å². The summed E-state index contributed by atoms with van der Waals surface area (Å²) in [7, 11) is 0. The number of carboxylic acid groups (broad SMARTS) is 1. The van der Waals surface area contributed by atoms with Crippen molar-refractivity contribution in [3.8, 4) is 0 Å². The number of ketones is 1. The second kappa shape index (κ2) is 3.61. The van der Waals surface area contributed by atoms with E-state index in [9.17, 15) is 9.59 Å². The van der Waals surface area contributed by atoms with E-state index in [4.69, 9.17) is 20.4 Å². The summed E-state index contributed by atoms with van der Waals surface area (Å²) < 4.78 is 0. The average molecular weight is 178 g/mol. The molecule has 4 N–H and O–H groups in total. The van der Waals surface area contributed by atoms with Crippen LogP contribution in [0.25, 0.3) is 0 Å². The quantitative estimate of drug-likeness (QED) is 0.301. The van der Waals surface area contributed by atoms with E-state index in [1.807, 2.05) is 0 Å². The molecule has 0 radical (unpaired) electrons. The molecule has 0 bridgehead atoms. The van der Waals surface area contributed by atoms with Crippen LogP contribution in [0.3, 0.4) is 0 Å². The second-order valence-corrected chi connectivity index (χ2v) is 2.55. The number of Topliss-reactive ketones (excluding diaryl/α,β-unsaturated/α-hetero) is 1. The largest absolute Gasteiger partial charge is 0.475 e. The number of rotatable bonds is 4. The highest BCUT2D eigenvalue weighted by Crippen LogP contribution is 2.12. The minimum Gasteiger partial charge on any atom is -0.475 e. The first-order valence-electron chi connectivity index (χ1n) is 3.18. The lowest BCUT2D eigenvalue weighted by atomic mass is 10.0. The monoisotopic (exact) mass is 178 g/mol. The summed E-state index contributed by atoms with van der Waals surface area (Å²) in [5.41, 5.74) is 0. The first-order valence-corrected chi connectivity index (χ1v) is 3.18. The lowest BCUT2D eigenvalue weighted by Gasteiger charge is -2.16. The molecule has 0 saturated heterocycles. The SMILES string of the molecule is CC(CC(O)(O)O)C(=O)C(=O)O. The van der Waals surface area contributed by atoms with Crippen LogP contribution in [0.4, 0.5) is 0 Å². The molecule has 1 atom stereocenters.